The summed E-state index contributed by atoms with van der Waals surface area (Å²) in [5, 5.41) is 0. The summed E-state index contributed by atoms with van der Waals surface area (Å²) in [5.74, 6) is -0.811. The van der Waals surface area contributed by atoms with Crippen LogP contribution in [-0.2, 0) is 18.8 Å². The van der Waals surface area contributed by atoms with Crippen LogP contribution in [0.25, 0.3) is 0 Å². The average Bonchev–Trinajstić information content (AvgIpc) is 3.66. The van der Waals surface area contributed by atoms with Crippen LogP contribution in [0.3, 0.4) is 0 Å². The molecule has 1 spiro atoms. The van der Waals surface area contributed by atoms with Gasteiger partial charge in [-0.25, -0.2) is 0 Å². The van der Waals surface area contributed by atoms with Crippen LogP contribution >= 0.6 is 0 Å². The molecule has 0 aliphatic carbocycles. The van der Waals surface area contributed by atoms with Gasteiger partial charge in [-0.2, -0.15) is 26.3 Å². The Kier molecular flexibility index (Phi) is 8.65. The molecule has 0 bridgehead atoms. The third kappa shape index (κ3) is 6.79. The van der Waals surface area contributed by atoms with Crippen molar-refractivity contribution in [3.05, 3.63) is 107 Å². The highest BCUT2D eigenvalue weighted by atomic mass is 19.4. The fraction of sp³-hybridized carbons (Fsp3) is 0.429. The van der Waals surface area contributed by atoms with E-state index in [2.05, 4.69) is 4.90 Å². The predicted molar refractivity (Wildman–Crippen MR) is 160 cm³/mol. The maximum atomic E-state index is 13.7. The normalized spacial score (nSPS) is 24.1. The minimum atomic E-state index is -5.04. The van der Waals surface area contributed by atoms with Crippen molar-refractivity contribution in [2.75, 3.05) is 32.7 Å². The van der Waals surface area contributed by atoms with E-state index in [9.17, 15) is 35.9 Å². The molecule has 3 atom stereocenters. The Morgan fingerprint density at radius 3 is 1.96 bits per heavy atom. The lowest BCUT2D eigenvalue weighted by atomic mass is 9.86. The minimum Gasteiger partial charge on any atom is -0.338 e. The van der Waals surface area contributed by atoms with Crippen molar-refractivity contribution >= 4 is 11.8 Å². The van der Waals surface area contributed by atoms with Crippen molar-refractivity contribution < 1.29 is 35.9 Å². The summed E-state index contributed by atoms with van der Waals surface area (Å²) in [6.45, 7) is 3.18. The molecule has 11 heteroatoms. The Morgan fingerprint density at radius 2 is 1.33 bits per heavy atom. The molecule has 0 aromatic heterocycles. The van der Waals surface area contributed by atoms with Gasteiger partial charge in [-0.15, -0.1) is 0 Å². The number of piperidine rings is 1. The Morgan fingerprint density at radius 1 is 0.717 bits per heavy atom. The number of benzene rings is 3. The van der Waals surface area contributed by atoms with Gasteiger partial charge in [0.05, 0.1) is 11.1 Å². The Hall–Kier alpha value is -3.86. The van der Waals surface area contributed by atoms with Crippen LogP contribution < -0.4 is 0 Å². The number of halogens is 6. The fourth-order valence-corrected chi connectivity index (χ4v) is 7.44. The molecule has 3 fully saturated rings. The van der Waals surface area contributed by atoms with Crippen molar-refractivity contribution in [1.29, 1.82) is 0 Å². The largest absolute Gasteiger partial charge is 0.416 e. The number of rotatable bonds is 5. The SMILES string of the molecule is O=C(c1ccccc1)N1CCC2(CCN(C3CCN(C(=O)c4cc(C(F)(F)F)cc(C(F)(F)F)c4)C(Cc4ccccc4)C3)C2)C1. The molecule has 244 valence electrons. The molecule has 3 aliphatic rings. The van der Waals surface area contributed by atoms with E-state index in [1.807, 2.05) is 65.6 Å². The van der Waals surface area contributed by atoms with Crippen LogP contribution in [0.2, 0.25) is 0 Å². The second kappa shape index (κ2) is 12.4. The van der Waals surface area contributed by atoms with Gasteiger partial charge in [0.2, 0.25) is 0 Å². The van der Waals surface area contributed by atoms with Gasteiger partial charge in [0.1, 0.15) is 0 Å². The van der Waals surface area contributed by atoms with Crippen molar-refractivity contribution in [2.24, 2.45) is 5.41 Å². The first-order valence-electron chi connectivity index (χ1n) is 15.5. The third-order valence-corrected chi connectivity index (χ3v) is 9.83. The average molecular weight is 644 g/mol. The van der Waals surface area contributed by atoms with Gasteiger partial charge in [0, 0.05) is 54.8 Å². The quantitative estimate of drug-likeness (QED) is 0.277. The second-order valence-electron chi connectivity index (χ2n) is 12.9. The number of carbonyl (C=O) groups excluding carboxylic acids is 2. The summed E-state index contributed by atoms with van der Waals surface area (Å²) in [4.78, 5) is 32.6. The highest BCUT2D eigenvalue weighted by molar-refractivity contribution is 5.95. The van der Waals surface area contributed by atoms with Gasteiger partial charge in [-0.3, -0.25) is 14.5 Å². The molecule has 3 heterocycles. The smallest absolute Gasteiger partial charge is 0.338 e. The fourth-order valence-electron chi connectivity index (χ4n) is 7.44. The number of hydrogen-bond acceptors (Lipinski definition) is 3. The molecule has 0 radical (unpaired) electrons. The zero-order valence-corrected chi connectivity index (χ0v) is 25.2. The van der Waals surface area contributed by atoms with Crippen molar-refractivity contribution in [3.63, 3.8) is 0 Å². The highest BCUT2D eigenvalue weighted by Crippen LogP contribution is 2.43. The van der Waals surface area contributed by atoms with Crippen molar-refractivity contribution in [1.82, 2.24) is 14.7 Å². The molecule has 3 saturated heterocycles. The summed E-state index contributed by atoms with van der Waals surface area (Å²) in [6.07, 6.45) is -6.76. The first kappa shape index (κ1) is 32.1. The first-order valence-corrected chi connectivity index (χ1v) is 15.5. The second-order valence-corrected chi connectivity index (χ2v) is 12.9. The summed E-state index contributed by atoms with van der Waals surface area (Å²) >= 11 is 0. The van der Waals surface area contributed by atoms with Gasteiger partial charge in [0.25, 0.3) is 11.8 Å². The van der Waals surface area contributed by atoms with Crippen LogP contribution in [-0.4, -0.2) is 71.3 Å². The van der Waals surface area contributed by atoms with E-state index >= 15 is 0 Å². The van der Waals surface area contributed by atoms with E-state index in [4.69, 9.17) is 0 Å². The lowest BCUT2D eigenvalue weighted by Crippen LogP contribution is -2.52. The number of carbonyl (C=O) groups is 2. The van der Waals surface area contributed by atoms with E-state index in [-0.39, 0.29) is 30.0 Å². The van der Waals surface area contributed by atoms with E-state index in [1.54, 1.807) is 0 Å². The van der Waals surface area contributed by atoms with Gasteiger partial charge >= 0.3 is 12.4 Å². The van der Waals surface area contributed by atoms with E-state index in [0.717, 1.165) is 31.5 Å². The van der Waals surface area contributed by atoms with Gasteiger partial charge < -0.3 is 9.80 Å². The number of amides is 2. The lowest BCUT2D eigenvalue weighted by molar-refractivity contribution is -0.143. The molecular formula is C35H35F6N3O2. The molecule has 0 N–H and O–H groups in total. The number of alkyl halides is 6. The van der Waals surface area contributed by atoms with Crippen molar-refractivity contribution in [3.8, 4) is 0 Å². The Labute approximate surface area is 263 Å². The van der Waals surface area contributed by atoms with E-state index < -0.39 is 41.0 Å². The van der Waals surface area contributed by atoms with Crippen LogP contribution in [0, 0.1) is 5.41 Å². The molecule has 3 aliphatic heterocycles. The molecule has 46 heavy (non-hydrogen) atoms. The zero-order valence-electron chi connectivity index (χ0n) is 25.2. The van der Waals surface area contributed by atoms with Crippen LogP contribution in [0.15, 0.2) is 78.9 Å². The molecule has 0 saturated carbocycles. The minimum absolute atomic E-state index is 0.0222. The maximum Gasteiger partial charge on any atom is 0.416 e. The summed E-state index contributed by atoms with van der Waals surface area (Å²) in [5.41, 5.74) is -2.06. The molecule has 5 nitrogen and oxygen atoms in total. The van der Waals surface area contributed by atoms with Crippen molar-refractivity contribution in [2.45, 2.75) is 56.5 Å². The van der Waals surface area contributed by atoms with Crippen LogP contribution in [0.1, 0.15) is 63.1 Å². The Bertz CT molecular complexity index is 1530. The summed E-state index contributed by atoms with van der Waals surface area (Å²) in [7, 11) is 0. The number of nitrogens with zero attached hydrogens (tertiary/aromatic N) is 3. The van der Waals surface area contributed by atoms with Gasteiger partial charge in [-0.05, 0) is 74.5 Å². The molecule has 3 unspecified atom stereocenters. The lowest BCUT2D eigenvalue weighted by Gasteiger charge is -2.43. The van der Waals surface area contributed by atoms with Gasteiger partial charge in [0.15, 0.2) is 0 Å². The molecule has 6 rings (SSSR count). The van der Waals surface area contributed by atoms with Crippen LogP contribution in [0.5, 0.6) is 0 Å². The topological polar surface area (TPSA) is 43.9 Å². The molecule has 3 aromatic rings. The molecule has 2 amide bonds. The highest BCUT2D eigenvalue weighted by Gasteiger charge is 2.47. The zero-order chi connectivity index (χ0) is 32.7. The molecule has 3 aromatic carbocycles. The monoisotopic (exact) mass is 643 g/mol. The first-order chi connectivity index (χ1) is 21.8. The number of likely N-dealkylation sites (tertiary alicyclic amines) is 3. The standard InChI is InChI=1S/C35H35F6N3O2/c36-34(37,38)27-18-26(19-28(20-27)35(39,40)41)32(46)44-14-11-29(21-30(44)17-24-7-3-1-4-8-24)42-15-12-33(22-42)13-16-43(23-33)31(45)25-9-5-2-6-10-25/h1-10,18-20,29-30H,11-17,21-23H2. The Balaban J connectivity index is 1.20. The van der Waals surface area contributed by atoms with Gasteiger partial charge in [-0.1, -0.05) is 48.5 Å². The summed E-state index contributed by atoms with van der Waals surface area (Å²) in [6, 6.07) is 19.3. The third-order valence-electron chi connectivity index (χ3n) is 9.83. The van der Waals surface area contributed by atoms with Crippen LogP contribution in [0.4, 0.5) is 26.3 Å². The maximum absolute atomic E-state index is 13.7. The predicted octanol–water partition coefficient (Wildman–Crippen LogP) is 7.18. The summed E-state index contributed by atoms with van der Waals surface area (Å²) < 4.78 is 81.5. The molecular weight excluding hydrogens is 608 g/mol. The van der Waals surface area contributed by atoms with E-state index in [0.29, 0.717) is 50.0 Å². The number of hydrogen-bond donors (Lipinski definition) is 0. The van der Waals surface area contributed by atoms with E-state index in [1.165, 1.54) is 4.90 Å².